The van der Waals surface area contributed by atoms with Gasteiger partial charge in [0, 0.05) is 47.8 Å². The molecule has 3 aromatic carbocycles. The van der Waals surface area contributed by atoms with E-state index in [4.69, 9.17) is 26.1 Å². The first-order valence-electron chi connectivity index (χ1n) is 15.4. The molecule has 0 fully saturated rings. The van der Waals surface area contributed by atoms with Gasteiger partial charge in [0.25, 0.3) is 0 Å². The van der Waals surface area contributed by atoms with Gasteiger partial charge in [-0.25, -0.2) is 4.98 Å². The Hall–Kier alpha value is -4.98. The molecule has 0 saturated heterocycles. The lowest BCUT2D eigenvalue weighted by Gasteiger charge is -2.18. The van der Waals surface area contributed by atoms with E-state index in [1.165, 1.54) is 0 Å². The number of nitrogens with one attached hydrogen (secondary N) is 1. The fourth-order valence-corrected chi connectivity index (χ4v) is 5.28. The van der Waals surface area contributed by atoms with Gasteiger partial charge in [0.15, 0.2) is 0 Å². The van der Waals surface area contributed by atoms with Crippen molar-refractivity contribution >= 4 is 11.6 Å². The number of nitrogens with zero attached hydrogens (tertiary/aromatic N) is 4. The summed E-state index contributed by atoms with van der Waals surface area (Å²) in [5.41, 5.74) is 4.81. The van der Waals surface area contributed by atoms with Crippen LogP contribution in [0.4, 0.5) is 0 Å². The van der Waals surface area contributed by atoms with Crippen LogP contribution in [-0.4, -0.2) is 32.7 Å². The number of hydrogen-bond acceptors (Lipinski definition) is 6. The van der Waals surface area contributed by atoms with Crippen LogP contribution in [0, 0.1) is 5.92 Å². The van der Waals surface area contributed by atoms with Crippen molar-refractivity contribution in [3.63, 3.8) is 0 Å². The number of halogens is 1. The Kier molecular flexibility index (Phi) is 10.0. The molecular weight excluding hydrogens is 594 g/mol. The Morgan fingerprint density at radius 3 is 1.93 bits per heavy atom. The van der Waals surface area contributed by atoms with Gasteiger partial charge in [-0.15, -0.1) is 0 Å². The minimum Gasteiger partial charge on any atom is -0.492 e. The van der Waals surface area contributed by atoms with Crippen molar-refractivity contribution in [1.82, 2.24) is 24.8 Å². The first kappa shape index (κ1) is 31.0. The molecule has 0 spiro atoms. The van der Waals surface area contributed by atoms with E-state index >= 15 is 0 Å². The predicted octanol–water partition coefficient (Wildman–Crippen LogP) is 8.73. The largest absolute Gasteiger partial charge is 0.492 e. The van der Waals surface area contributed by atoms with E-state index in [0.29, 0.717) is 24.1 Å². The van der Waals surface area contributed by atoms with E-state index in [0.717, 1.165) is 57.8 Å². The van der Waals surface area contributed by atoms with Crippen LogP contribution in [0.1, 0.15) is 37.1 Å². The highest BCUT2D eigenvalue weighted by Crippen LogP contribution is 2.28. The van der Waals surface area contributed by atoms with E-state index < -0.39 is 0 Å². The van der Waals surface area contributed by atoms with E-state index in [9.17, 15) is 0 Å². The van der Waals surface area contributed by atoms with Crippen LogP contribution in [0.3, 0.4) is 0 Å². The van der Waals surface area contributed by atoms with Gasteiger partial charge in [-0.1, -0.05) is 37.6 Å². The monoisotopic (exact) mass is 629 g/mol. The third kappa shape index (κ3) is 7.99. The summed E-state index contributed by atoms with van der Waals surface area (Å²) < 4.78 is 14.2. The molecular formula is C38H36ClN5O2. The molecule has 0 aliphatic carbocycles. The van der Waals surface area contributed by atoms with Gasteiger partial charge in [-0.2, -0.15) is 0 Å². The number of aromatic nitrogens is 4. The van der Waals surface area contributed by atoms with Crippen LogP contribution in [0.5, 0.6) is 17.2 Å². The fourth-order valence-electron chi connectivity index (χ4n) is 5.15. The molecule has 6 rings (SSSR count). The van der Waals surface area contributed by atoms with Crippen LogP contribution in [0.15, 0.2) is 128 Å². The zero-order valence-corrected chi connectivity index (χ0v) is 26.6. The van der Waals surface area contributed by atoms with Crippen LogP contribution in [0.25, 0.3) is 16.9 Å². The Bertz CT molecular complexity index is 1770. The third-order valence-corrected chi connectivity index (χ3v) is 7.62. The molecule has 7 nitrogen and oxygen atoms in total. The van der Waals surface area contributed by atoms with Crippen LogP contribution in [0.2, 0.25) is 5.02 Å². The number of hydrogen-bond donors (Lipinski definition) is 1. The average Bonchev–Trinajstić information content (AvgIpc) is 3.50. The zero-order chi connectivity index (χ0) is 31.7. The van der Waals surface area contributed by atoms with E-state index in [-0.39, 0.29) is 6.04 Å². The summed E-state index contributed by atoms with van der Waals surface area (Å²) in [6, 6.07) is 35.2. The van der Waals surface area contributed by atoms with Gasteiger partial charge in [0.1, 0.15) is 29.7 Å². The molecule has 0 bridgehead atoms. The lowest BCUT2D eigenvalue weighted by molar-refractivity contribution is 0.308. The molecule has 0 saturated carbocycles. The minimum absolute atomic E-state index is 0.115. The van der Waals surface area contributed by atoms with Gasteiger partial charge in [-0.05, 0) is 103 Å². The second kappa shape index (κ2) is 14.9. The van der Waals surface area contributed by atoms with Crippen molar-refractivity contribution in [2.45, 2.75) is 26.3 Å². The Morgan fingerprint density at radius 2 is 1.35 bits per heavy atom. The summed E-state index contributed by atoms with van der Waals surface area (Å²) in [5, 5.41) is 4.22. The van der Waals surface area contributed by atoms with Crippen molar-refractivity contribution in [3.05, 3.63) is 150 Å². The lowest BCUT2D eigenvalue weighted by atomic mass is 10.1. The van der Waals surface area contributed by atoms with Gasteiger partial charge in [0.05, 0.1) is 23.1 Å². The Labute approximate surface area is 274 Å². The molecule has 232 valence electrons. The van der Waals surface area contributed by atoms with Crippen LogP contribution >= 0.6 is 11.6 Å². The van der Waals surface area contributed by atoms with Crippen LogP contribution in [-0.2, 0) is 6.42 Å². The molecule has 8 heteroatoms. The summed E-state index contributed by atoms with van der Waals surface area (Å²) in [4.78, 5) is 14.1. The Morgan fingerprint density at radius 1 is 0.739 bits per heavy atom. The van der Waals surface area contributed by atoms with Gasteiger partial charge < -0.3 is 19.4 Å². The molecule has 0 atom stereocenters. The van der Waals surface area contributed by atoms with Crippen molar-refractivity contribution in [2.24, 2.45) is 5.92 Å². The topological polar surface area (TPSA) is 74.1 Å². The second-order valence-electron chi connectivity index (χ2n) is 11.3. The molecule has 1 N–H and O–H groups in total. The number of imidazole rings is 1. The highest BCUT2D eigenvalue weighted by molar-refractivity contribution is 6.30. The fraction of sp³-hybridized carbons (Fsp3) is 0.184. The number of rotatable bonds is 13. The van der Waals surface area contributed by atoms with Crippen molar-refractivity contribution in [2.75, 3.05) is 13.2 Å². The van der Waals surface area contributed by atoms with Crippen molar-refractivity contribution < 1.29 is 9.47 Å². The zero-order valence-electron chi connectivity index (χ0n) is 25.9. The first-order chi connectivity index (χ1) is 22.5. The standard InChI is InChI=1S/C38H36ClN5O2/c1-27(2)25-37-43-36(26-44(37)30-13-19-33(20-14-30)46-32-17-11-29(39)12-18-32)28-9-15-31(16-10-28)45-24-23-42-38(34-7-3-5-21-40-34)35-8-4-6-22-41-35/h3-22,26-27,38,42H,23-25H2,1-2H3. The maximum atomic E-state index is 6.08. The SMILES string of the molecule is CC(C)Cc1nc(-c2ccc(OCCNC(c3ccccn3)c3ccccn3)cc2)cn1-c1ccc(Oc2ccc(Cl)cc2)cc1. The second-order valence-corrected chi connectivity index (χ2v) is 11.8. The number of benzene rings is 3. The number of ether oxygens (including phenoxy) is 2. The lowest BCUT2D eigenvalue weighted by Crippen LogP contribution is -2.28. The quantitative estimate of drug-likeness (QED) is 0.129. The summed E-state index contributed by atoms with van der Waals surface area (Å²) in [6.07, 6.45) is 6.56. The van der Waals surface area contributed by atoms with Crippen LogP contribution < -0.4 is 14.8 Å². The molecule has 0 unspecified atom stereocenters. The summed E-state index contributed by atoms with van der Waals surface area (Å²) in [5.74, 6) is 3.77. The molecule has 6 aromatic rings. The summed E-state index contributed by atoms with van der Waals surface area (Å²) in [7, 11) is 0. The Balaban J connectivity index is 1.10. The normalized spacial score (nSPS) is 11.2. The van der Waals surface area contributed by atoms with Gasteiger partial charge in [0.2, 0.25) is 0 Å². The highest BCUT2D eigenvalue weighted by atomic mass is 35.5. The molecule has 0 amide bonds. The third-order valence-electron chi connectivity index (χ3n) is 7.37. The van der Waals surface area contributed by atoms with E-state index in [1.807, 2.05) is 84.9 Å². The molecule has 0 aliphatic rings. The van der Waals surface area contributed by atoms with Crippen molar-refractivity contribution in [1.29, 1.82) is 0 Å². The molecule has 0 aliphatic heterocycles. The van der Waals surface area contributed by atoms with Crippen molar-refractivity contribution in [3.8, 4) is 34.2 Å². The van der Waals surface area contributed by atoms with E-state index in [1.54, 1.807) is 12.4 Å². The first-order valence-corrected chi connectivity index (χ1v) is 15.8. The summed E-state index contributed by atoms with van der Waals surface area (Å²) in [6.45, 7) is 5.54. The average molecular weight is 630 g/mol. The predicted molar refractivity (Wildman–Crippen MR) is 183 cm³/mol. The summed E-state index contributed by atoms with van der Waals surface area (Å²) >= 11 is 6.00. The number of pyridine rings is 2. The molecule has 3 aromatic heterocycles. The minimum atomic E-state index is -0.115. The smallest absolute Gasteiger partial charge is 0.127 e. The maximum absolute atomic E-state index is 6.08. The van der Waals surface area contributed by atoms with Gasteiger partial charge in [-0.3, -0.25) is 9.97 Å². The molecule has 46 heavy (non-hydrogen) atoms. The van der Waals surface area contributed by atoms with Gasteiger partial charge >= 0.3 is 0 Å². The molecule has 3 heterocycles. The van der Waals surface area contributed by atoms with E-state index in [2.05, 4.69) is 64.2 Å². The highest BCUT2D eigenvalue weighted by Gasteiger charge is 2.16. The maximum Gasteiger partial charge on any atom is 0.127 e. The molecule has 0 radical (unpaired) electrons.